The van der Waals surface area contributed by atoms with E-state index in [0.29, 0.717) is 0 Å². The molecule has 0 bridgehead atoms. The van der Waals surface area contributed by atoms with Crippen molar-refractivity contribution in [1.82, 2.24) is 15.2 Å². The van der Waals surface area contributed by atoms with Gasteiger partial charge in [-0.3, -0.25) is 16.0 Å². The third-order valence-corrected chi connectivity index (χ3v) is 4.06. The van der Waals surface area contributed by atoms with Crippen molar-refractivity contribution in [2.24, 2.45) is 5.84 Å². The molecule has 0 aromatic carbocycles. The van der Waals surface area contributed by atoms with E-state index in [9.17, 15) is 0 Å². The van der Waals surface area contributed by atoms with Gasteiger partial charge in [-0.2, -0.15) is 16.4 Å². The van der Waals surface area contributed by atoms with Gasteiger partial charge in [-0.05, 0) is 48.2 Å². The molecule has 2 aromatic rings. The Labute approximate surface area is 118 Å². The highest BCUT2D eigenvalue weighted by molar-refractivity contribution is 7.07. The maximum atomic E-state index is 5.69. The van der Waals surface area contributed by atoms with Crippen LogP contribution in [0.5, 0.6) is 0 Å². The highest BCUT2D eigenvalue weighted by atomic mass is 32.1. The lowest BCUT2D eigenvalue weighted by Gasteiger charge is -2.15. The molecule has 0 saturated carbocycles. The lowest BCUT2D eigenvalue weighted by atomic mass is 10.0. The standard InChI is InChI=1S/C14H22N4S/c1-3-12-8-14(18(4-2)17-12)9-13(16-15)7-11-5-6-19-10-11/h5-6,8,10,13,16H,3-4,7,9,15H2,1-2H3. The van der Waals surface area contributed by atoms with E-state index in [4.69, 9.17) is 5.84 Å². The van der Waals surface area contributed by atoms with Crippen molar-refractivity contribution in [2.45, 2.75) is 45.7 Å². The molecule has 104 valence electrons. The molecule has 3 N–H and O–H groups in total. The maximum absolute atomic E-state index is 5.69. The topological polar surface area (TPSA) is 55.9 Å². The van der Waals surface area contributed by atoms with E-state index in [1.54, 1.807) is 11.3 Å². The van der Waals surface area contributed by atoms with Crippen LogP contribution in [0.1, 0.15) is 30.8 Å². The number of aromatic nitrogens is 2. The molecule has 2 rings (SSSR count). The predicted octanol–water partition coefficient (Wildman–Crippen LogP) is 2.14. The molecule has 0 fully saturated rings. The number of thiophene rings is 1. The maximum Gasteiger partial charge on any atom is 0.0624 e. The van der Waals surface area contributed by atoms with Crippen LogP contribution in [0.25, 0.3) is 0 Å². The Balaban J connectivity index is 2.07. The number of hydrogen-bond acceptors (Lipinski definition) is 4. The summed E-state index contributed by atoms with van der Waals surface area (Å²) in [4.78, 5) is 0. The van der Waals surface area contributed by atoms with E-state index in [-0.39, 0.29) is 6.04 Å². The van der Waals surface area contributed by atoms with Gasteiger partial charge < -0.3 is 0 Å². The Morgan fingerprint density at radius 2 is 2.26 bits per heavy atom. The fourth-order valence-corrected chi connectivity index (χ4v) is 2.94. The fraction of sp³-hybridized carbons (Fsp3) is 0.500. The smallest absolute Gasteiger partial charge is 0.0624 e. The normalized spacial score (nSPS) is 12.8. The van der Waals surface area contributed by atoms with Gasteiger partial charge in [0.1, 0.15) is 0 Å². The average molecular weight is 278 g/mol. The molecule has 2 aromatic heterocycles. The Bertz CT molecular complexity index is 490. The fourth-order valence-electron chi connectivity index (χ4n) is 2.26. The average Bonchev–Trinajstić information content (AvgIpc) is 3.06. The third kappa shape index (κ3) is 3.65. The number of rotatable bonds is 7. The number of aryl methyl sites for hydroxylation is 2. The number of hydrogen-bond donors (Lipinski definition) is 2. The van der Waals surface area contributed by atoms with Crippen molar-refractivity contribution in [3.8, 4) is 0 Å². The SMILES string of the molecule is CCc1cc(CC(Cc2ccsc2)NN)n(CC)n1. The molecule has 0 spiro atoms. The van der Waals surface area contributed by atoms with Gasteiger partial charge in [0.25, 0.3) is 0 Å². The summed E-state index contributed by atoms with van der Waals surface area (Å²) in [6, 6.07) is 4.60. The van der Waals surface area contributed by atoms with Gasteiger partial charge in [-0.25, -0.2) is 0 Å². The van der Waals surface area contributed by atoms with E-state index in [1.165, 1.54) is 11.3 Å². The molecule has 0 aliphatic carbocycles. The Hall–Kier alpha value is -1.17. The number of nitrogens with one attached hydrogen (secondary N) is 1. The molecule has 0 amide bonds. The minimum atomic E-state index is 0.251. The second-order valence-corrected chi connectivity index (χ2v) is 5.48. The first-order chi connectivity index (χ1) is 9.26. The van der Waals surface area contributed by atoms with Crippen LogP contribution in [0.2, 0.25) is 0 Å². The molecule has 1 unspecified atom stereocenters. The Morgan fingerprint density at radius 3 is 2.84 bits per heavy atom. The molecule has 2 heterocycles. The first kappa shape index (κ1) is 14.2. The van der Waals surface area contributed by atoms with Crippen LogP contribution in [0.4, 0.5) is 0 Å². The van der Waals surface area contributed by atoms with E-state index < -0.39 is 0 Å². The number of hydrazine groups is 1. The molecular weight excluding hydrogens is 256 g/mol. The van der Waals surface area contributed by atoms with E-state index >= 15 is 0 Å². The summed E-state index contributed by atoms with van der Waals surface area (Å²) in [6.45, 7) is 5.17. The second kappa shape index (κ2) is 6.84. The van der Waals surface area contributed by atoms with Crippen LogP contribution < -0.4 is 11.3 Å². The van der Waals surface area contributed by atoms with Crippen LogP contribution in [0, 0.1) is 0 Å². The summed E-state index contributed by atoms with van der Waals surface area (Å²) in [6.07, 6.45) is 2.84. The van der Waals surface area contributed by atoms with Gasteiger partial charge >= 0.3 is 0 Å². The van der Waals surface area contributed by atoms with E-state index in [2.05, 4.69) is 51.9 Å². The van der Waals surface area contributed by atoms with E-state index in [1.807, 2.05) is 0 Å². The molecule has 0 radical (unpaired) electrons. The summed E-state index contributed by atoms with van der Waals surface area (Å²) in [5.74, 6) is 5.69. The van der Waals surface area contributed by atoms with Crippen molar-refractivity contribution in [1.29, 1.82) is 0 Å². The van der Waals surface area contributed by atoms with Crippen molar-refractivity contribution in [2.75, 3.05) is 0 Å². The highest BCUT2D eigenvalue weighted by Gasteiger charge is 2.13. The summed E-state index contributed by atoms with van der Waals surface area (Å²) >= 11 is 1.73. The Kier molecular flexibility index (Phi) is 5.13. The lowest BCUT2D eigenvalue weighted by Crippen LogP contribution is -2.38. The summed E-state index contributed by atoms with van der Waals surface area (Å²) < 4.78 is 2.08. The zero-order valence-electron chi connectivity index (χ0n) is 11.6. The van der Waals surface area contributed by atoms with Gasteiger partial charge in [0.2, 0.25) is 0 Å². The molecule has 0 saturated heterocycles. The van der Waals surface area contributed by atoms with Gasteiger partial charge in [-0.1, -0.05) is 6.92 Å². The number of nitrogens with zero attached hydrogens (tertiary/aromatic N) is 2. The van der Waals surface area contributed by atoms with Gasteiger partial charge in [-0.15, -0.1) is 0 Å². The van der Waals surface area contributed by atoms with E-state index in [0.717, 1.165) is 31.5 Å². The predicted molar refractivity (Wildman–Crippen MR) is 80.1 cm³/mol. The first-order valence-electron chi connectivity index (χ1n) is 6.79. The minimum Gasteiger partial charge on any atom is -0.271 e. The first-order valence-corrected chi connectivity index (χ1v) is 7.73. The van der Waals surface area contributed by atoms with Crippen LogP contribution in [-0.2, 0) is 25.8 Å². The third-order valence-electron chi connectivity index (χ3n) is 3.33. The lowest BCUT2D eigenvalue weighted by molar-refractivity contribution is 0.496. The van der Waals surface area contributed by atoms with Crippen LogP contribution >= 0.6 is 11.3 Å². The number of nitrogens with two attached hydrogens (primary N) is 1. The van der Waals surface area contributed by atoms with Crippen LogP contribution in [0.15, 0.2) is 22.9 Å². The quantitative estimate of drug-likeness (QED) is 0.603. The largest absolute Gasteiger partial charge is 0.271 e. The van der Waals surface area contributed by atoms with Gasteiger partial charge in [0.05, 0.1) is 5.69 Å². The molecule has 5 heteroatoms. The van der Waals surface area contributed by atoms with Crippen molar-refractivity contribution in [3.05, 3.63) is 39.8 Å². The van der Waals surface area contributed by atoms with Gasteiger partial charge in [0, 0.05) is 24.7 Å². The molecule has 0 aliphatic heterocycles. The van der Waals surface area contributed by atoms with Crippen molar-refractivity contribution >= 4 is 11.3 Å². The van der Waals surface area contributed by atoms with Crippen molar-refractivity contribution < 1.29 is 0 Å². The van der Waals surface area contributed by atoms with Crippen LogP contribution in [-0.4, -0.2) is 15.8 Å². The highest BCUT2D eigenvalue weighted by Crippen LogP contribution is 2.13. The molecule has 4 nitrogen and oxygen atoms in total. The second-order valence-electron chi connectivity index (χ2n) is 4.70. The molecule has 0 aliphatic rings. The Morgan fingerprint density at radius 1 is 1.42 bits per heavy atom. The van der Waals surface area contributed by atoms with Crippen LogP contribution in [0.3, 0.4) is 0 Å². The molecule has 19 heavy (non-hydrogen) atoms. The zero-order valence-corrected chi connectivity index (χ0v) is 12.4. The molecule has 1 atom stereocenters. The van der Waals surface area contributed by atoms with Gasteiger partial charge in [0.15, 0.2) is 0 Å². The molecular formula is C14H22N4S. The zero-order chi connectivity index (χ0) is 13.7. The van der Waals surface area contributed by atoms with Crippen molar-refractivity contribution in [3.63, 3.8) is 0 Å². The summed E-state index contributed by atoms with van der Waals surface area (Å²) in [5, 5.41) is 8.87. The minimum absolute atomic E-state index is 0.251. The summed E-state index contributed by atoms with van der Waals surface area (Å²) in [7, 11) is 0. The summed E-state index contributed by atoms with van der Waals surface area (Å²) in [5.41, 5.74) is 6.69. The monoisotopic (exact) mass is 278 g/mol.